The second kappa shape index (κ2) is 9.73. The molecule has 172 valence electrons. The first-order valence-electron chi connectivity index (χ1n) is 11.5. The first kappa shape index (κ1) is 22.3. The minimum atomic E-state index is -0.330. The molecule has 3 aliphatic rings. The number of benzene rings is 1. The number of piperazine rings is 1. The van der Waals surface area contributed by atoms with Crippen LogP contribution in [0.15, 0.2) is 36.4 Å². The molecule has 1 aliphatic carbocycles. The third-order valence-electron chi connectivity index (χ3n) is 6.34. The van der Waals surface area contributed by atoms with Crippen LogP contribution in [0.25, 0.3) is 0 Å². The second-order valence-corrected chi connectivity index (χ2v) is 8.92. The number of ether oxygens (including phenoxy) is 1. The van der Waals surface area contributed by atoms with E-state index < -0.39 is 0 Å². The van der Waals surface area contributed by atoms with Crippen molar-refractivity contribution in [2.45, 2.75) is 39.2 Å². The van der Waals surface area contributed by atoms with E-state index in [-0.39, 0.29) is 42.1 Å². The summed E-state index contributed by atoms with van der Waals surface area (Å²) in [6.45, 7) is 8.00. The Hall–Kier alpha value is -2.87. The average Bonchev–Trinajstić information content (AvgIpc) is 3.03. The van der Waals surface area contributed by atoms with Crippen LogP contribution in [0.2, 0.25) is 0 Å². The van der Waals surface area contributed by atoms with E-state index in [0.29, 0.717) is 19.4 Å². The Morgan fingerprint density at radius 2 is 1.66 bits per heavy atom. The van der Waals surface area contributed by atoms with Crippen molar-refractivity contribution in [3.05, 3.63) is 36.4 Å². The highest BCUT2D eigenvalue weighted by molar-refractivity contribution is 6.06. The maximum atomic E-state index is 12.5. The van der Waals surface area contributed by atoms with Crippen LogP contribution < -0.4 is 15.1 Å². The Morgan fingerprint density at radius 1 is 1.03 bits per heavy atom. The Labute approximate surface area is 189 Å². The van der Waals surface area contributed by atoms with Gasteiger partial charge >= 0.3 is 0 Å². The van der Waals surface area contributed by atoms with E-state index in [9.17, 15) is 14.4 Å². The predicted octanol–water partition coefficient (Wildman–Crippen LogP) is 1.97. The molecule has 2 unspecified atom stereocenters. The van der Waals surface area contributed by atoms with Gasteiger partial charge in [-0.25, -0.2) is 0 Å². The molecule has 0 spiro atoms. The lowest BCUT2D eigenvalue weighted by molar-refractivity contribution is -0.149. The number of fused-ring (bicyclic) bond motifs is 1. The molecule has 2 aliphatic heterocycles. The summed E-state index contributed by atoms with van der Waals surface area (Å²) in [5, 5.41) is 0.953. The highest BCUT2D eigenvalue weighted by Gasteiger charge is 2.48. The molecule has 1 N–H and O–H groups in total. The molecular formula is C24H32N4O4. The SMILES string of the molecule is CC(C)Oc1ccccc1N1CCN(CCC(=O)NN2C(=O)C3CC=CCC3C2=O)CC1. The summed E-state index contributed by atoms with van der Waals surface area (Å²) in [4.78, 5) is 42.0. The molecule has 8 nitrogen and oxygen atoms in total. The molecule has 32 heavy (non-hydrogen) atoms. The third-order valence-corrected chi connectivity index (χ3v) is 6.34. The van der Waals surface area contributed by atoms with Gasteiger partial charge in [0.1, 0.15) is 5.75 Å². The van der Waals surface area contributed by atoms with Crippen LogP contribution in [0.3, 0.4) is 0 Å². The number of anilines is 1. The molecule has 0 saturated carbocycles. The van der Waals surface area contributed by atoms with Gasteiger partial charge in [-0.3, -0.25) is 24.7 Å². The fourth-order valence-corrected chi connectivity index (χ4v) is 4.64. The summed E-state index contributed by atoms with van der Waals surface area (Å²) in [6, 6.07) is 8.08. The first-order valence-corrected chi connectivity index (χ1v) is 11.5. The van der Waals surface area contributed by atoms with Crippen LogP contribution in [0.5, 0.6) is 5.75 Å². The number of hydrazine groups is 1. The van der Waals surface area contributed by atoms with Crippen molar-refractivity contribution in [3.63, 3.8) is 0 Å². The average molecular weight is 441 g/mol. The molecule has 0 aromatic heterocycles. The number of nitrogens with zero attached hydrogens (tertiary/aromatic N) is 3. The van der Waals surface area contributed by atoms with E-state index in [0.717, 1.165) is 42.6 Å². The lowest BCUT2D eigenvalue weighted by Crippen LogP contribution is -2.49. The normalized spacial score (nSPS) is 23.6. The number of carbonyl (C=O) groups is 3. The van der Waals surface area contributed by atoms with E-state index >= 15 is 0 Å². The van der Waals surface area contributed by atoms with Gasteiger partial charge in [-0.05, 0) is 38.8 Å². The summed E-state index contributed by atoms with van der Waals surface area (Å²) < 4.78 is 5.95. The summed E-state index contributed by atoms with van der Waals surface area (Å²) in [6.07, 6.45) is 5.37. The molecule has 2 heterocycles. The van der Waals surface area contributed by atoms with Gasteiger partial charge in [0, 0.05) is 39.1 Å². The van der Waals surface area contributed by atoms with Crippen LogP contribution in [0.1, 0.15) is 33.1 Å². The van der Waals surface area contributed by atoms with Gasteiger partial charge < -0.3 is 9.64 Å². The predicted molar refractivity (Wildman–Crippen MR) is 121 cm³/mol. The van der Waals surface area contributed by atoms with Crippen molar-refractivity contribution in [2.75, 3.05) is 37.6 Å². The fourth-order valence-electron chi connectivity index (χ4n) is 4.64. The smallest absolute Gasteiger partial charge is 0.252 e. The van der Waals surface area contributed by atoms with E-state index in [1.165, 1.54) is 0 Å². The molecule has 0 radical (unpaired) electrons. The number of nitrogens with one attached hydrogen (secondary N) is 1. The maximum absolute atomic E-state index is 12.5. The Balaban J connectivity index is 1.24. The summed E-state index contributed by atoms with van der Waals surface area (Å²) in [5.74, 6) is -0.628. The molecule has 2 saturated heterocycles. The van der Waals surface area contributed by atoms with E-state index in [4.69, 9.17) is 4.74 Å². The van der Waals surface area contributed by atoms with Crippen molar-refractivity contribution < 1.29 is 19.1 Å². The number of rotatable bonds is 7. The van der Waals surface area contributed by atoms with Gasteiger partial charge in [0.15, 0.2) is 0 Å². The van der Waals surface area contributed by atoms with Gasteiger partial charge in [-0.2, -0.15) is 5.01 Å². The zero-order chi connectivity index (χ0) is 22.7. The maximum Gasteiger partial charge on any atom is 0.252 e. The van der Waals surface area contributed by atoms with Crippen molar-refractivity contribution in [3.8, 4) is 5.75 Å². The van der Waals surface area contributed by atoms with Crippen molar-refractivity contribution in [2.24, 2.45) is 11.8 Å². The van der Waals surface area contributed by atoms with Crippen molar-refractivity contribution in [1.29, 1.82) is 0 Å². The Morgan fingerprint density at radius 3 is 2.28 bits per heavy atom. The standard InChI is InChI=1S/C24H32N4O4/c1-17(2)32-21-10-6-5-9-20(21)27-15-13-26(14-16-27)12-11-22(29)25-28-23(30)18-7-3-4-8-19(18)24(28)31/h3-6,9-10,17-19H,7-8,11-16H2,1-2H3,(H,25,29). The van der Waals surface area contributed by atoms with E-state index in [1.807, 2.05) is 44.2 Å². The Bertz CT molecular complexity index is 866. The molecule has 8 heteroatoms. The number of para-hydroxylation sites is 2. The number of hydrogen-bond donors (Lipinski definition) is 1. The highest BCUT2D eigenvalue weighted by atomic mass is 16.5. The number of carbonyl (C=O) groups excluding carboxylic acids is 3. The molecule has 0 bridgehead atoms. The minimum Gasteiger partial charge on any atom is -0.489 e. The summed E-state index contributed by atoms with van der Waals surface area (Å²) >= 11 is 0. The molecule has 2 atom stereocenters. The lowest BCUT2D eigenvalue weighted by Gasteiger charge is -2.36. The van der Waals surface area contributed by atoms with Crippen LogP contribution in [0, 0.1) is 11.8 Å². The van der Waals surface area contributed by atoms with Crippen LogP contribution in [-0.4, -0.2) is 66.5 Å². The molecule has 2 fully saturated rings. The van der Waals surface area contributed by atoms with Gasteiger partial charge in [-0.1, -0.05) is 24.3 Å². The lowest BCUT2D eigenvalue weighted by atomic mass is 9.85. The van der Waals surface area contributed by atoms with Gasteiger partial charge in [0.25, 0.3) is 11.8 Å². The molecular weight excluding hydrogens is 408 g/mol. The molecule has 1 aromatic carbocycles. The zero-order valence-corrected chi connectivity index (χ0v) is 18.8. The van der Waals surface area contributed by atoms with Gasteiger partial charge in [0.05, 0.1) is 23.6 Å². The third kappa shape index (κ3) is 4.80. The van der Waals surface area contributed by atoms with Crippen molar-refractivity contribution >= 4 is 23.4 Å². The van der Waals surface area contributed by atoms with Crippen molar-refractivity contribution in [1.82, 2.24) is 15.3 Å². The topological polar surface area (TPSA) is 82.2 Å². The summed E-state index contributed by atoms with van der Waals surface area (Å²) in [7, 11) is 0. The monoisotopic (exact) mass is 440 g/mol. The first-order chi connectivity index (χ1) is 15.4. The van der Waals surface area contributed by atoms with E-state index in [1.54, 1.807) is 0 Å². The van der Waals surface area contributed by atoms with Crippen LogP contribution in [-0.2, 0) is 14.4 Å². The quantitative estimate of drug-likeness (QED) is 0.516. The zero-order valence-electron chi connectivity index (χ0n) is 18.8. The van der Waals surface area contributed by atoms with Crippen LogP contribution in [0.4, 0.5) is 5.69 Å². The Kier molecular flexibility index (Phi) is 6.79. The van der Waals surface area contributed by atoms with E-state index in [2.05, 4.69) is 21.3 Å². The highest BCUT2D eigenvalue weighted by Crippen LogP contribution is 2.34. The second-order valence-electron chi connectivity index (χ2n) is 8.92. The fraction of sp³-hybridized carbons (Fsp3) is 0.542. The largest absolute Gasteiger partial charge is 0.489 e. The number of imide groups is 1. The minimum absolute atomic E-state index is 0.116. The summed E-state index contributed by atoms with van der Waals surface area (Å²) in [5.41, 5.74) is 3.65. The molecule has 1 aromatic rings. The van der Waals surface area contributed by atoms with Gasteiger partial charge in [-0.15, -0.1) is 0 Å². The molecule has 3 amide bonds. The van der Waals surface area contributed by atoms with Gasteiger partial charge in [0.2, 0.25) is 5.91 Å². The molecule has 4 rings (SSSR count). The van der Waals surface area contributed by atoms with Crippen LogP contribution >= 0.6 is 0 Å². The number of amides is 3. The number of allylic oxidation sites excluding steroid dienone is 2. The number of hydrogen-bond acceptors (Lipinski definition) is 6.